The fourth-order valence-electron chi connectivity index (χ4n) is 14.1. The van der Waals surface area contributed by atoms with E-state index in [4.69, 9.17) is 0 Å². The van der Waals surface area contributed by atoms with Gasteiger partial charge in [0.05, 0.1) is 5.69 Å². The van der Waals surface area contributed by atoms with Gasteiger partial charge in [-0.2, -0.15) is 0 Å². The minimum atomic E-state index is -0.0309. The molecule has 0 amide bonds. The number of fused-ring (bicyclic) bond motifs is 16. The van der Waals surface area contributed by atoms with Crippen molar-refractivity contribution in [2.75, 3.05) is 4.90 Å². The van der Waals surface area contributed by atoms with Crippen LogP contribution in [0, 0.1) is 17.8 Å². The molecule has 6 aliphatic rings. The van der Waals surface area contributed by atoms with Gasteiger partial charge in [0.15, 0.2) is 0 Å². The molecular formula is C55H53N. The van der Waals surface area contributed by atoms with Crippen LogP contribution in [0.25, 0.3) is 33.4 Å². The topological polar surface area (TPSA) is 3.24 Å². The van der Waals surface area contributed by atoms with Crippen molar-refractivity contribution in [1.82, 2.24) is 0 Å². The summed E-state index contributed by atoms with van der Waals surface area (Å²) < 4.78 is 0. The van der Waals surface area contributed by atoms with Crippen LogP contribution in [0.15, 0.2) is 127 Å². The van der Waals surface area contributed by atoms with Gasteiger partial charge in [0, 0.05) is 33.2 Å². The zero-order valence-corrected chi connectivity index (χ0v) is 33.4. The van der Waals surface area contributed by atoms with Gasteiger partial charge in [0.2, 0.25) is 0 Å². The Morgan fingerprint density at radius 2 is 1.18 bits per heavy atom. The highest BCUT2D eigenvalue weighted by Crippen LogP contribution is 2.67. The molecule has 0 aromatic heterocycles. The Bertz CT molecular complexity index is 2580. The van der Waals surface area contributed by atoms with E-state index >= 15 is 0 Å². The van der Waals surface area contributed by atoms with Gasteiger partial charge in [-0.25, -0.2) is 0 Å². The molecule has 2 spiro atoms. The molecular weight excluding hydrogens is 675 g/mol. The van der Waals surface area contributed by atoms with Gasteiger partial charge in [0.1, 0.15) is 0 Å². The summed E-state index contributed by atoms with van der Waals surface area (Å²) in [6.45, 7) is 7.29. The highest BCUT2D eigenvalue weighted by molar-refractivity contribution is 5.97. The van der Waals surface area contributed by atoms with E-state index in [2.05, 4.69) is 153 Å². The van der Waals surface area contributed by atoms with Gasteiger partial charge < -0.3 is 4.90 Å². The zero-order valence-electron chi connectivity index (χ0n) is 33.4. The summed E-state index contributed by atoms with van der Waals surface area (Å²) >= 11 is 0. The number of benzene rings is 6. The van der Waals surface area contributed by atoms with Crippen LogP contribution in [-0.2, 0) is 16.2 Å². The Morgan fingerprint density at radius 3 is 1.98 bits per heavy atom. The van der Waals surface area contributed by atoms with E-state index in [9.17, 15) is 0 Å². The summed E-state index contributed by atoms with van der Waals surface area (Å²) in [5.74, 6) is 2.25. The van der Waals surface area contributed by atoms with E-state index in [0.29, 0.717) is 11.8 Å². The van der Waals surface area contributed by atoms with E-state index in [1.807, 2.05) is 0 Å². The molecule has 2 bridgehead atoms. The average molecular weight is 728 g/mol. The third kappa shape index (κ3) is 4.17. The van der Waals surface area contributed by atoms with Gasteiger partial charge in [-0.05, 0) is 141 Å². The number of hydrogen-bond donors (Lipinski definition) is 0. The van der Waals surface area contributed by atoms with E-state index < -0.39 is 0 Å². The number of hydrogen-bond acceptors (Lipinski definition) is 1. The number of nitrogens with zero attached hydrogens (tertiary/aromatic N) is 1. The second-order valence-corrected chi connectivity index (χ2v) is 19.0. The molecule has 56 heavy (non-hydrogen) atoms. The summed E-state index contributed by atoms with van der Waals surface area (Å²) in [7, 11) is 0. The summed E-state index contributed by atoms with van der Waals surface area (Å²) in [5, 5.41) is 0. The SMILES string of the molecule is CCC1CC2CCCC(C2)C12c1ccccc1-c1c(N(c3ccc4c(c3)-c3ccccc3C4(C)C)c3ccc4c(c3)C3(CCCC3)c3ccccc3-4)cccc12. The van der Waals surface area contributed by atoms with Gasteiger partial charge in [-0.3, -0.25) is 0 Å². The lowest BCUT2D eigenvalue weighted by atomic mass is 9.50. The Morgan fingerprint density at radius 1 is 0.536 bits per heavy atom. The minimum absolute atomic E-state index is 0.0309. The molecule has 6 aliphatic carbocycles. The van der Waals surface area contributed by atoms with Crippen LogP contribution in [-0.4, -0.2) is 0 Å². The second-order valence-electron chi connectivity index (χ2n) is 19.0. The smallest absolute Gasteiger partial charge is 0.0543 e. The van der Waals surface area contributed by atoms with Crippen LogP contribution < -0.4 is 4.90 Å². The predicted molar refractivity (Wildman–Crippen MR) is 233 cm³/mol. The minimum Gasteiger partial charge on any atom is -0.310 e. The number of rotatable bonds is 4. The molecule has 4 unspecified atom stereocenters. The van der Waals surface area contributed by atoms with E-state index in [0.717, 1.165) is 5.92 Å². The first-order chi connectivity index (χ1) is 27.4. The lowest BCUT2D eigenvalue weighted by Crippen LogP contribution is -2.48. The van der Waals surface area contributed by atoms with Gasteiger partial charge in [-0.1, -0.05) is 150 Å². The van der Waals surface area contributed by atoms with Crippen molar-refractivity contribution in [3.8, 4) is 33.4 Å². The first-order valence-corrected chi connectivity index (χ1v) is 22.0. The summed E-state index contributed by atoms with van der Waals surface area (Å²) in [6.07, 6.45) is 13.2. The lowest BCUT2D eigenvalue weighted by Gasteiger charge is -2.54. The maximum Gasteiger partial charge on any atom is 0.0543 e. The normalized spacial score (nSPS) is 25.0. The monoisotopic (exact) mass is 727 g/mol. The molecule has 3 saturated carbocycles. The first-order valence-electron chi connectivity index (χ1n) is 22.0. The van der Waals surface area contributed by atoms with Gasteiger partial charge in [0.25, 0.3) is 0 Å². The van der Waals surface area contributed by atoms with E-state index in [1.165, 1.54) is 126 Å². The fraction of sp³-hybridized carbons (Fsp3) is 0.345. The molecule has 4 atom stereocenters. The van der Waals surface area contributed by atoms with Crippen LogP contribution in [0.2, 0.25) is 0 Å². The molecule has 0 N–H and O–H groups in total. The highest BCUT2D eigenvalue weighted by atomic mass is 15.1. The Hall–Kier alpha value is -4.88. The molecule has 0 heterocycles. The van der Waals surface area contributed by atoms with Crippen molar-refractivity contribution < 1.29 is 0 Å². The van der Waals surface area contributed by atoms with E-state index in [1.54, 1.807) is 22.3 Å². The summed E-state index contributed by atoms with van der Waals surface area (Å²) in [6, 6.07) is 50.5. The zero-order chi connectivity index (χ0) is 37.4. The quantitative estimate of drug-likeness (QED) is 0.175. The van der Waals surface area contributed by atoms with Crippen LogP contribution >= 0.6 is 0 Å². The molecule has 12 rings (SSSR count). The molecule has 3 fully saturated rings. The van der Waals surface area contributed by atoms with Crippen molar-refractivity contribution in [3.05, 3.63) is 161 Å². The molecule has 278 valence electrons. The van der Waals surface area contributed by atoms with E-state index in [-0.39, 0.29) is 16.2 Å². The Balaban J connectivity index is 1.13. The molecule has 0 aliphatic heterocycles. The molecule has 1 nitrogen and oxygen atoms in total. The maximum atomic E-state index is 2.68. The van der Waals surface area contributed by atoms with Crippen LogP contribution in [0.4, 0.5) is 17.1 Å². The molecule has 0 saturated heterocycles. The van der Waals surface area contributed by atoms with Crippen molar-refractivity contribution in [2.45, 2.75) is 101 Å². The Labute approximate surface area is 333 Å². The van der Waals surface area contributed by atoms with Crippen LogP contribution in [0.1, 0.15) is 118 Å². The van der Waals surface area contributed by atoms with Crippen LogP contribution in [0.5, 0.6) is 0 Å². The van der Waals surface area contributed by atoms with Gasteiger partial charge in [-0.15, -0.1) is 0 Å². The predicted octanol–water partition coefficient (Wildman–Crippen LogP) is 14.8. The summed E-state index contributed by atoms with van der Waals surface area (Å²) in [5.41, 5.74) is 21.8. The van der Waals surface area contributed by atoms with Crippen LogP contribution in [0.3, 0.4) is 0 Å². The number of anilines is 3. The molecule has 6 aromatic rings. The molecule has 6 aromatic carbocycles. The maximum absolute atomic E-state index is 2.68. The first kappa shape index (κ1) is 33.3. The second kappa shape index (κ2) is 11.8. The van der Waals surface area contributed by atoms with Gasteiger partial charge >= 0.3 is 0 Å². The summed E-state index contributed by atoms with van der Waals surface area (Å²) in [4.78, 5) is 2.68. The molecule has 1 heteroatoms. The lowest BCUT2D eigenvalue weighted by molar-refractivity contribution is 0.0557. The molecule has 0 radical (unpaired) electrons. The van der Waals surface area contributed by atoms with Crippen molar-refractivity contribution in [3.63, 3.8) is 0 Å². The van der Waals surface area contributed by atoms with Crippen molar-refractivity contribution >= 4 is 17.1 Å². The third-order valence-electron chi connectivity index (χ3n) is 16.3. The fourth-order valence-corrected chi connectivity index (χ4v) is 14.1. The standard InChI is InChI=1S/C55H53N/c1-4-36-31-35-15-13-16-37(32-35)55(36)48-22-10-7-19-43(48)52-49(55)23-14-24-51(52)56(38-26-28-46-44(33-38)41-18-5-8-20-45(41)53(46,2)3)39-25-27-42-40-17-6-9-21-47(40)54(50(42)34-39)29-11-12-30-54/h5-10,14,17-28,33-37H,4,11-13,15-16,29-32H2,1-3H3. The average Bonchev–Trinajstić information content (AvgIpc) is 3.97. The van der Waals surface area contributed by atoms with Crippen molar-refractivity contribution in [2.24, 2.45) is 17.8 Å². The Kier molecular flexibility index (Phi) is 7.03. The highest BCUT2D eigenvalue weighted by Gasteiger charge is 2.57. The largest absolute Gasteiger partial charge is 0.310 e. The third-order valence-corrected chi connectivity index (χ3v) is 16.3. The van der Waals surface area contributed by atoms with Crippen molar-refractivity contribution in [1.29, 1.82) is 0 Å².